The smallest absolute Gasteiger partial charge is 0.257 e. The summed E-state index contributed by atoms with van der Waals surface area (Å²) in [6.07, 6.45) is 0. The molecule has 2 aromatic carbocycles. The van der Waals surface area contributed by atoms with Gasteiger partial charge in [0.2, 0.25) is 0 Å². The summed E-state index contributed by atoms with van der Waals surface area (Å²) in [7, 11) is 0. The van der Waals surface area contributed by atoms with Gasteiger partial charge in [-0.05, 0) is 43.3 Å². The van der Waals surface area contributed by atoms with Crippen LogP contribution in [0.1, 0.15) is 6.92 Å². The molecule has 0 heterocycles. The molecule has 19 heavy (non-hydrogen) atoms. The largest absolute Gasteiger partial charge is 0.277 e. The zero-order valence-electron chi connectivity index (χ0n) is 10.6. The Hall–Kier alpha value is -2.06. The zero-order chi connectivity index (χ0) is 13.8. The minimum absolute atomic E-state index is 0.131. The van der Waals surface area contributed by atoms with Crippen LogP contribution in [-0.2, 0) is 4.79 Å². The molecule has 2 rings (SSSR count). The fourth-order valence-electron chi connectivity index (χ4n) is 1.74. The van der Waals surface area contributed by atoms with Crippen molar-refractivity contribution in [1.82, 2.24) is 0 Å². The van der Waals surface area contributed by atoms with E-state index < -0.39 is 0 Å². The summed E-state index contributed by atoms with van der Waals surface area (Å²) in [5, 5.41) is 0.638. The first-order chi connectivity index (χ1) is 9.09. The van der Waals surface area contributed by atoms with Gasteiger partial charge in [0.25, 0.3) is 5.91 Å². The Kier molecular flexibility index (Phi) is 4.03. The van der Waals surface area contributed by atoms with Gasteiger partial charge in [0.15, 0.2) is 0 Å². The molecule has 96 valence electrons. The van der Waals surface area contributed by atoms with E-state index in [0.717, 1.165) is 11.4 Å². The van der Waals surface area contributed by atoms with Crippen LogP contribution < -0.4 is 4.90 Å². The second-order valence-corrected chi connectivity index (χ2v) is 4.67. The molecule has 0 bridgehead atoms. The molecule has 0 saturated heterocycles. The molecule has 3 heteroatoms. The average molecular weight is 272 g/mol. The normalized spacial score (nSPS) is 10.0. The molecule has 0 unspecified atom stereocenters. The van der Waals surface area contributed by atoms with Crippen LogP contribution in [0.5, 0.6) is 0 Å². The first kappa shape index (κ1) is 13.4. The highest BCUT2D eigenvalue weighted by atomic mass is 35.5. The summed E-state index contributed by atoms with van der Waals surface area (Å²) in [4.78, 5) is 13.9. The molecular weight excluding hydrogens is 258 g/mol. The number of carbonyl (C=O) groups excluding carboxylic acids is 1. The molecule has 0 aliphatic carbocycles. The van der Waals surface area contributed by atoms with Gasteiger partial charge in [-0.2, -0.15) is 0 Å². The second-order valence-electron chi connectivity index (χ2n) is 4.23. The van der Waals surface area contributed by atoms with E-state index in [1.165, 1.54) is 0 Å². The summed E-state index contributed by atoms with van der Waals surface area (Å²) in [6.45, 7) is 5.43. The van der Waals surface area contributed by atoms with Crippen molar-refractivity contribution < 1.29 is 4.79 Å². The number of para-hydroxylation sites is 1. The fraction of sp³-hybridized carbons (Fsp3) is 0.0625. The number of nitrogens with zero attached hydrogens (tertiary/aromatic N) is 1. The van der Waals surface area contributed by atoms with E-state index in [1.807, 2.05) is 42.5 Å². The third kappa shape index (κ3) is 3.04. The number of rotatable bonds is 3. The van der Waals surface area contributed by atoms with Crippen molar-refractivity contribution in [3.05, 3.63) is 71.8 Å². The molecule has 0 spiro atoms. The van der Waals surface area contributed by atoms with Crippen LogP contribution in [0.15, 0.2) is 66.7 Å². The van der Waals surface area contributed by atoms with Gasteiger partial charge in [0.05, 0.1) is 0 Å². The van der Waals surface area contributed by atoms with Gasteiger partial charge in [-0.15, -0.1) is 0 Å². The van der Waals surface area contributed by atoms with Crippen molar-refractivity contribution in [3.63, 3.8) is 0 Å². The lowest BCUT2D eigenvalue weighted by Crippen LogP contribution is -2.26. The van der Waals surface area contributed by atoms with E-state index in [0.29, 0.717) is 10.6 Å². The van der Waals surface area contributed by atoms with Crippen LogP contribution in [0, 0.1) is 0 Å². The Morgan fingerprint density at radius 1 is 1.00 bits per heavy atom. The van der Waals surface area contributed by atoms with Crippen molar-refractivity contribution >= 4 is 28.9 Å². The Labute approximate surface area is 117 Å². The predicted molar refractivity (Wildman–Crippen MR) is 79.9 cm³/mol. The van der Waals surface area contributed by atoms with Crippen LogP contribution in [0.25, 0.3) is 0 Å². The Balaban J connectivity index is 2.49. The van der Waals surface area contributed by atoms with E-state index in [9.17, 15) is 4.79 Å². The van der Waals surface area contributed by atoms with Crippen molar-refractivity contribution in [2.24, 2.45) is 0 Å². The van der Waals surface area contributed by atoms with Crippen molar-refractivity contribution in [1.29, 1.82) is 0 Å². The van der Waals surface area contributed by atoms with Gasteiger partial charge in [-0.25, -0.2) is 0 Å². The van der Waals surface area contributed by atoms with Crippen LogP contribution in [0.3, 0.4) is 0 Å². The topological polar surface area (TPSA) is 20.3 Å². The van der Waals surface area contributed by atoms with Gasteiger partial charge in [-0.3, -0.25) is 9.69 Å². The fourth-order valence-corrected chi connectivity index (χ4v) is 1.87. The average Bonchev–Trinajstić information content (AvgIpc) is 2.42. The van der Waals surface area contributed by atoms with E-state index in [4.69, 9.17) is 11.6 Å². The maximum atomic E-state index is 12.3. The van der Waals surface area contributed by atoms with Crippen LogP contribution >= 0.6 is 11.6 Å². The highest BCUT2D eigenvalue weighted by Gasteiger charge is 2.18. The van der Waals surface area contributed by atoms with Gasteiger partial charge >= 0.3 is 0 Å². The lowest BCUT2D eigenvalue weighted by Gasteiger charge is -2.23. The van der Waals surface area contributed by atoms with Gasteiger partial charge in [-0.1, -0.05) is 36.4 Å². The van der Waals surface area contributed by atoms with E-state index in [-0.39, 0.29) is 5.91 Å². The number of carbonyl (C=O) groups is 1. The molecule has 0 fully saturated rings. The molecule has 0 aliphatic heterocycles. The van der Waals surface area contributed by atoms with Gasteiger partial charge in [0, 0.05) is 22.0 Å². The highest BCUT2D eigenvalue weighted by molar-refractivity contribution is 6.30. The molecular formula is C16H14ClNO. The lowest BCUT2D eigenvalue weighted by atomic mass is 10.2. The van der Waals surface area contributed by atoms with E-state index in [2.05, 4.69) is 6.58 Å². The predicted octanol–water partition coefficient (Wildman–Crippen LogP) is 4.58. The summed E-state index contributed by atoms with van der Waals surface area (Å²) < 4.78 is 0. The number of halogens is 1. The maximum Gasteiger partial charge on any atom is 0.257 e. The number of hydrogen-bond acceptors (Lipinski definition) is 1. The third-order valence-corrected chi connectivity index (χ3v) is 2.92. The van der Waals surface area contributed by atoms with Crippen molar-refractivity contribution in [2.75, 3.05) is 4.90 Å². The van der Waals surface area contributed by atoms with Crippen LogP contribution in [0.2, 0.25) is 5.02 Å². The number of anilines is 2. The molecule has 1 amide bonds. The van der Waals surface area contributed by atoms with Crippen molar-refractivity contribution in [3.8, 4) is 0 Å². The number of amides is 1. The highest BCUT2D eigenvalue weighted by Crippen LogP contribution is 2.27. The summed E-state index contributed by atoms with van der Waals surface area (Å²) in [6, 6.07) is 16.6. The summed E-state index contributed by atoms with van der Waals surface area (Å²) >= 11 is 5.88. The van der Waals surface area contributed by atoms with E-state index >= 15 is 0 Å². The molecule has 0 atom stereocenters. The van der Waals surface area contributed by atoms with Gasteiger partial charge < -0.3 is 0 Å². The minimum Gasteiger partial charge on any atom is -0.277 e. The minimum atomic E-state index is -0.131. The molecule has 0 saturated carbocycles. The first-order valence-electron chi connectivity index (χ1n) is 5.90. The number of hydrogen-bond donors (Lipinski definition) is 0. The Morgan fingerprint density at radius 2 is 1.53 bits per heavy atom. The maximum absolute atomic E-state index is 12.3. The van der Waals surface area contributed by atoms with Crippen molar-refractivity contribution in [2.45, 2.75) is 6.92 Å². The molecule has 2 nitrogen and oxygen atoms in total. The zero-order valence-corrected chi connectivity index (χ0v) is 11.4. The quantitative estimate of drug-likeness (QED) is 0.748. The Bertz CT molecular complexity index is 590. The molecule has 0 radical (unpaired) electrons. The SMILES string of the molecule is C=C(C)C(=O)N(c1ccccc1)c1ccc(Cl)cc1. The third-order valence-electron chi connectivity index (χ3n) is 2.67. The molecule has 0 aromatic heterocycles. The summed E-state index contributed by atoms with van der Waals surface area (Å²) in [5.74, 6) is -0.131. The Morgan fingerprint density at radius 3 is 2.05 bits per heavy atom. The molecule has 0 N–H and O–H groups in total. The molecule has 0 aliphatic rings. The second kappa shape index (κ2) is 5.72. The number of benzene rings is 2. The molecule has 2 aromatic rings. The monoisotopic (exact) mass is 271 g/mol. The van der Waals surface area contributed by atoms with Crippen LogP contribution in [-0.4, -0.2) is 5.91 Å². The van der Waals surface area contributed by atoms with Gasteiger partial charge in [0.1, 0.15) is 0 Å². The van der Waals surface area contributed by atoms with Crippen LogP contribution in [0.4, 0.5) is 11.4 Å². The van der Waals surface area contributed by atoms with E-state index in [1.54, 1.807) is 24.0 Å². The lowest BCUT2D eigenvalue weighted by molar-refractivity contribution is -0.114. The summed E-state index contributed by atoms with van der Waals surface area (Å²) in [5.41, 5.74) is 2.06. The first-order valence-corrected chi connectivity index (χ1v) is 6.28. The standard InChI is InChI=1S/C16H14ClNO/c1-12(2)16(19)18(14-6-4-3-5-7-14)15-10-8-13(17)9-11-15/h3-11H,1H2,2H3.